The Morgan fingerprint density at radius 1 is 1.06 bits per heavy atom. The standard InChI is InChI=1S/C22H23N3O7/c1-30-16-7-5-6-15(11-16)23-19(26)13-32-22(29)14-10-20(27)25(12-14)24-21(28)17-8-3-4-9-18(17)31-2/h3-9,11,14H,10,12-13H2,1-2H3,(H,23,26)(H,24,28)/t14-/m0/s1. The summed E-state index contributed by atoms with van der Waals surface area (Å²) in [6.07, 6.45) is -0.136. The molecule has 168 valence electrons. The molecule has 1 fully saturated rings. The number of methoxy groups -OCH3 is 2. The number of amides is 3. The largest absolute Gasteiger partial charge is 0.497 e. The van der Waals surface area contributed by atoms with Gasteiger partial charge in [0.2, 0.25) is 5.91 Å². The van der Waals surface area contributed by atoms with Crippen molar-refractivity contribution in [2.24, 2.45) is 5.92 Å². The average molecular weight is 441 g/mol. The Hall–Kier alpha value is -4.08. The number of carbonyl (C=O) groups excluding carboxylic acids is 4. The molecule has 2 N–H and O–H groups in total. The summed E-state index contributed by atoms with van der Waals surface area (Å²) >= 11 is 0. The first-order valence-electron chi connectivity index (χ1n) is 9.76. The molecule has 3 rings (SSSR count). The summed E-state index contributed by atoms with van der Waals surface area (Å²) in [5.41, 5.74) is 3.22. The number of carbonyl (C=O) groups is 4. The third-order valence-electron chi connectivity index (χ3n) is 4.75. The van der Waals surface area contributed by atoms with Gasteiger partial charge in [-0.1, -0.05) is 18.2 Å². The Labute approximate surface area is 184 Å². The maximum Gasteiger partial charge on any atom is 0.311 e. The van der Waals surface area contributed by atoms with E-state index in [0.29, 0.717) is 17.2 Å². The number of rotatable bonds is 8. The molecule has 3 amide bonds. The molecule has 0 aromatic heterocycles. The lowest BCUT2D eigenvalue weighted by molar-refractivity contribution is -0.151. The van der Waals surface area contributed by atoms with Crippen LogP contribution >= 0.6 is 0 Å². The van der Waals surface area contributed by atoms with Crippen molar-refractivity contribution in [2.75, 3.05) is 32.7 Å². The maximum absolute atomic E-state index is 12.5. The molecule has 1 aliphatic heterocycles. The van der Waals surface area contributed by atoms with E-state index < -0.39 is 36.2 Å². The third kappa shape index (κ3) is 5.54. The van der Waals surface area contributed by atoms with Gasteiger partial charge in [-0.25, -0.2) is 0 Å². The highest BCUT2D eigenvalue weighted by Gasteiger charge is 2.37. The quantitative estimate of drug-likeness (QED) is 0.593. The van der Waals surface area contributed by atoms with E-state index in [9.17, 15) is 19.2 Å². The second kappa shape index (κ2) is 10.3. The van der Waals surface area contributed by atoms with Gasteiger partial charge in [-0.2, -0.15) is 0 Å². The Morgan fingerprint density at radius 3 is 2.59 bits per heavy atom. The van der Waals surface area contributed by atoms with E-state index in [-0.39, 0.29) is 18.5 Å². The SMILES string of the molecule is COc1cccc(NC(=O)COC(=O)[C@H]2CC(=O)N(NC(=O)c3ccccc3OC)C2)c1. The fourth-order valence-electron chi connectivity index (χ4n) is 3.14. The van der Waals surface area contributed by atoms with Crippen molar-refractivity contribution in [2.45, 2.75) is 6.42 Å². The predicted octanol–water partition coefficient (Wildman–Crippen LogP) is 1.38. The zero-order valence-corrected chi connectivity index (χ0v) is 17.6. The van der Waals surface area contributed by atoms with E-state index in [4.69, 9.17) is 14.2 Å². The third-order valence-corrected chi connectivity index (χ3v) is 4.75. The average Bonchev–Trinajstić information content (AvgIpc) is 3.17. The number of nitrogens with zero attached hydrogens (tertiary/aromatic N) is 1. The molecule has 2 aromatic carbocycles. The molecule has 0 aliphatic carbocycles. The summed E-state index contributed by atoms with van der Waals surface area (Å²) in [7, 11) is 2.94. The molecule has 0 bridgehead atoms. The van der Waals surface area contributed by atoms with E-state index in [1.807, 2.05) is 0 Å². The number of nitrogens with one attached hydrogen (secondary N) is 2. The first-order chi connectivity index (χ1) is 15.4. The van der Waals surface area contributed by atoms with Crippen LogP contribution in [0.15, 0.2) is 48.5 Å². The van der Waals surface area contributed by atoms with Crippen molar-refractivity contribution in [1.29, 1.82) is 0 Å². The number of anilines is 1. The van der Waals surface area contributed by atoms with Gasteiger partial charge in [-0.05, 0) is 24.3 Å². The number of ether oxygens (including phenoxy) is 3. The van der Waals surface area contributed by atoms with E-state index in [1.54, 1.807) is 48.5 Å². The van der Waals surface area contributed by atoms with Crippen LogP contribution in [0.25, 0.3) is 0 Å². The molecule has 1 aliphatic rings. The van der Waals surface area contributed by atoms with E-state index in [2.05, 4.69) is 10.7 Å². The Kier molecular flexibility index (Phi) is 7.27. The molecule has 0 saturated carbocycles. The van der Waals surface area contributed by atoms with Crippen LogP contribution in [0, 0.1) is 5.92 Å². The summed E-state index contributed by atoms with van der Waals surface area (Å²) < 4.78 is 15.3. The fourth-order valence-corrected chi connectivity index (χ4v) is 3.14. The normalized spacial score (nSPS) is 15.1. The van der Waals surface area contributed by atoms with Crippen LogP contribution in [0.3, 0.4) is 0 Å². The molecular weight excluding hydrogens is 418 g/mol. The lowest BCUT2D eigenvalue weighted by Gasteiger charge is -2.18. The van der Waals surface area contributed by atoms with Gasteiger partial charge in [0.15, 0.2) is 6.61 Å². The van der Waals surface area contributed by atoms with Crippen molar-refractivity contribution >= 4 is 29.4 Å². The van der Waals surface area contributed by atoms with Gasteiger partial charge in [-0.3, -0.25) is 29.6 Å². The topological polar surface area (TPSA) is 123 Å². The highest BCUT2D eigenvalue weighted by atomic mass is 16.5. The predicted molar refractivity (Wildman–Crippen MR) is 113 cm³/mol. The highest BCUT2D eigenvalue weighted by Crippen LogP contribution is 2.21. The maximum atomic E-state index is 12.5. The van der Waals surface area contributed by atoms with Crippen molar-refractivity contribution in [3.05, 3.63) is 54.1 Å². The molecule has 10 nitrogen and oxygen atoms in total. The molecule has 1 atom stereocenters. The zero-order valence-electron chi connectivity index (χ0n) is 17.6. The van der Waals surface area contributed by atoms with Crippen molar-refractivity contribution in [1.82, 2.24) is 10.4 Å². The fraction of sp³-hybridized carbons (Fsp3) is 0.273. The van der Waals surface area contributed by atoms with Crippen LogP contribution < -0.4 is 20.2 Å². The van der Waals surface area contributed by atoms with Crippen molar-refractivity contribution in [3.8, 4) is 11.5 Å². The Bertz CT molecular complexity index is 1020. The van der Waals surface area contributed by atoms with Gasteiger partial charge in [-0.15, -0.1) is 0 Å². The van der Waals surface area contributed by atoms with Crippen LogP contribution in [0.5, 0.6) is 11.5 Å². The van der Waals surface area contributed by atoms with E-state index in [0.717, 1.165) is 5.01 Å². The number of hydrogen-bond acceptors (Lipinski definition) is 7. The molecule has 10 heteroatoms. The van der Waals surface area contributed by atoms with Gasteiger partial charge in [0.25, 0.3) is 11.8 Å². The summed E-state index contributed by atoms with van der Waals surface area (Å²) in [5.74, 6) is -2.08. The minimum absolute atomic E-state index is 0.0595. The summed E-state index contributed by atoms with van der Waals surface area (Å²) in [6.45, 7) is -0.565. The van der Waals surface area contributed by atoms with Crippen LogP contribution in [-0.4, -0.2) is 56.1 Å². The van der Waals surface area contributed by atoms with Crippen molar-refractivity contribution in [3.63, 3.8) is 0 Å². The van der Waals surface area contributed by atoms with Gasteiger partial charge in [0.05, 0.1) is 32.2 Å². The summed E-state index contributed by atoms with van der Waals surface area (Å²) in [4.78, 5) is 49.1. The first-order valence-corrected chi connectivity index (χ1v) is 9.76. The van der Waals surface area contributed by atoms with E-state index >= 15 is 0 Å². The molecule has 2 aromatic rings. The summed E-state index contributed by atoms with van der Waals surface area (Å²) in [6, 6.07) is 13.3. The second-order valence-electron chi connectivity index (χ2n) is 6.93. The highest BCUT2D eigenvalue weighted by molar-refractivity contribution is 5.98. The minimum atomic E-state index is -0.801. The molecule has 0 radical (unpaired) electrons. The molecule has 0 spiro atoms. The number of esters is 1. The second-order valence-corrected chi connectivity index (χ2v) is 6.93. The summed E-state index contributed by atoms with van der Waals surface area (Å²) in [5, 5.41) is 3.66. The minimum Gasteiger partial charge on any atom is -0.497 e. The van der Waals surface area contributed by atoms with E-state index in [1.165, 1.54) is 14.2 Å². The number of para-hydroxylation sites is 1. The Morgan fingerprint density at radius 2 is 1.84 bits per heavy atom. The monoisotopic (exact) mass is 441 g/mol. The zero-order chi connectivity index (χ0) is 23.1. The van der Waals surface area contributed by atoms with Crippen molar-refractivity contribution < 1.29 is 33.4 Å². The van der Waals surface area contributed by atoms with Gasteiger partial charge in [0, 0.05) is 18.2 Å². The lowest BCUT2D eigenvalue weighted by Crippen LogP contribution is -2.43. The lowest BCUT2D eigenvalue weighted by atomic mass is 10.1. The smallest absolute Gasteiger partial charge is 0.311 e. The molecule has 1 heterocycles. The van der Waals surface area contributed by atoms with Gasteiger partial charge in [0.1, 0.15) is 11.5 Å². The van der Waals surface area contributed by atoms with Gasteiger partial charge >= 0.3 is 5.97 Å². The molecular formula is C22H23N3O7. The molecule has 1 saturated heterocycles. The number of hydrazine groups is 1. The van der Waals surface area contributed by atoms with Crippen LogP contribution in [0.4, 0.5) is 5.69 Å². The first kappa shape index (κ1) is 22.6. The molecule has 0 unspecified atom stereocenters. The Balaban J connectivity index is 1.50. The van der Waals surface area contributed by atoms with Crippen LogP contribution in [0.1, 0.15) is 16.8 Å². The van der Waals surface area contributed by atoms with Gasteiger partial charge < -0.3 is 19.5 Å². The van der Waals surface area contributed by atoms with Crippen LogP contribution in [-0.2, 0) is 19.1 Å². The number of benzene rings is 2. The molecule has 32 heavy (non-hydrogen) atoms. The van der Waals surface area contributed by atoms with Crippen LogP contribution in [0.2, 0.25) is 0 Å². The number of hydrogen-bond donors (Lipinski definition) is 2.